The Bertz CT molecular complexity index is 3960. The van der Waals surface area contributed by atoms with Crippen molar-refractivity contribution in [2.45, 2.75) is 92.3 Å². The Morgan fingerprint density at radius 3 is 2.00 bits per heavy atom. The van der Waals surface area contributed by atoms with Crippen molar-refractivity contribution in [2.75, 3.05) is 0 Å². The summed E-state index contributed by atoms with van der Waals surface area (Å²) in [5.74, 6) is 1.52. The SMILES string of the molecule is [2H]c1c([2H])c([2H])c(-c2cc(C(C)(C)C)c(-[n+]3[c-]n(-c4[c-]c(Oc5[c-]c6c(cc5)c5ccccc5n6-c5cc(C(C)(C)C)ccn5)ccc4)c4cc(-c5c(C([2H])([2H])[2H])cccc5C([2H])([2H])[2H])ccc43)c(C(C)(C)C)c2)c([2H])c1[2H].[Pt]. The summed E-state index contributed by atoms with van der Waals surface area (Å²) in [5.41, 5.74) is 6.20. The van der Waals surface area contributed by atoms with E-state index in [2.05, 4.69) is 62.0 Å². The second kappa shape index (κ2) is 17.5. The smallest absolute Gasteiger partial charge is 0.268 e. The molecular formula is C62H58N4OPt-2. The Balaban J connectivity index is 0.00000757. The van der Waals surface area contributed by atoms with Crippen molar-refractivity contribution >= 4 is 32.8 Å². The van der Waals surface area contributed by atoms with Crippen molar-refractivity contribution in [3.63, 3.8) is 0 Å². The molecule has 0 spiro atoms. The van der Waals surface area contributed by atoms with E-state index in [4.69, 9.17) is 24.8 Å². The number of aromatic nitrogens is 4. The Morgan fingerprint density at radius 2 is 1.31 bits per heavy atom. The van der Waals surface area contributed by atoms with Gasteiger partial charge < -0.3 is 13.9 Å². The fraction of sp³-hybridized carbons (Fsp3) is 0.226. The average Bonchev–Trinajstić information content (AvgIpc) is 4.18. The van der Waals surface area contributed by atoms with Crippen LogP contribution in [0.4, 0.5) is 0 Å². The maximum Gasteiger partial charge on any atom is 0.268 e. The molecule has 10 rings (SSSR count). The van der Waals surface area contributed by atoms with Crippen LogP contribution in [-0.4, -0.2) is 14.1 Å². The van der Waals surface area contributed by atoms with Gasteiger partial charge in [0.25, 0.3) is 6.33 Å². The van der Waals surface area contributed by atoms with Gasteiger partial charge in [-0.15, -0.1) is 29.7 Å². The van der Waals surface area contributed by atoms with E-state index < -0.39 is 42.7 Å². The van der Waals surface area contributed by atoms with Crippen LogP contribution in [0.25, 0.3) is 72.3 Å². The predicted molar refractivity (Wildman–Crippen MR) is 276 cm³/mol. The zero-order chi connectivity index (χ0) is 56.3. The number of imidazole rings is 1. The molecule has 0 aliphatic heterocycles. The molecule has 0 radical (unpaired) electrons. The first kappa shape index (κ1) is 34.7. The van der Waals surface area contributed by atoms with Gasteiger partial charge in [0.2, 0.25) is 0 Å². The molecule has 7 aromatic carbocycles. The molecule has 0 atom stereocenters. The number of pyridine rings is 1. The monoisotopic (exact) mass is 1080 g/mol. The molecule has 0 saturated carbocycles. The minimum Gasteiger partial charge on any atom is -0.510 e. The Morgan fingerprint density at radius 1 is 0.618 bits per heavy atom. The number of benzene rings is 7. The maximum atomic E-state index is 8.99. The van der Waals surface area contributed by atoms with E-state index in [0.29, 0.717) is 39.3 Å². The van der Waals surface area contributed by atoms with E-state index in [9.17, 15) is 0 Å². The van der Waals surface area contributed by atoms with Crippen LogP contribution in [0.3, 0.4) is 0 Å². The normalized spacial score (nSPS) is 14.9. The minimum absolute atomic E-state index is 0. The molecule has 0 unspecified atom stereocenters. The van der Waals surface area contributed by atoms with Crippen molar-refractivity contribution in [1.29, 1.82) is 0 Å². The second-order valence-electron chi connectivity index (χ2n) is 20.2. The maximum absolute atomic E-state index is 8.99. The summed E-state index contributed by atoms with van der Waals surface area (Å²) in [7, 11) is 0. The van der Waals surface area contributed by atoms with E-state index in [0.717, 1.165) is 50.0 Å². The molecular weight excluding hydrogens is 1010 g/mol. The fourth-order valence-corrected chi connectivity index (χ4v) is 8.95. The Kier molecular flexibility index (Phi) is 8.93. The van der Waals surface area contributed by atoms with Crippen LogP contribution in [0.15, 0.2) is 152 Å². The number of hydrogen-bond donors (Lipinski definition) is 0. The second-order valence-corrected chi connectivity index (χ2v) is 20.2. The molecule has 0 bridgehead atoms. The van der Waals surface area contributed by atoms with E-state index >= 15 is 0 Å². The van der Waals surface area contributed by atoms with E-state index in [1.54, 1.807) is 22.8 Å². The van der Waals surface area contributed by atoms with Gasteiger partial charge in [0.05, 0.1) is 23.6 Å². The van der Waals surface area contributed by atoms with Gasteiger partial charge in [0.15, 0.2) is 0 Å². The first-order valence-electron chi connectivity index (χ1n) is 28.0. The van der Waals surface area contributed by atoms with Gasteiger partial charge in [-0.3, -0.25) is 4.57 Å². The van der Waals surface area contributed by atoms with Crippen LogP contribution in [0, 0.1) is 32.2 Å². The number of ether oxygens (including phenoxy) is 1. The summed E-state index contributed by atoms with van der Waals surface area (Å²) in [4.78, 5) is 4.83. The summed E-state index contributed by atoms with van der Waals surface area (Å²) >= 11 is 0. The molecule has 6 heteroatoms. The van der Waals surface area contributed by atoms with Gasteiger partial charge >= 0.3 is 0 Å². The molecule has 0 aliphatic rings. The third kappa shape index (κ3) is 8.51. The van der Waals surface area contributed by atoms with Crippen molar-refractivity contribution < 1.29 is 45.4 Å². The Hall–Kier alpha value is -6.55. The number of aryl methyl sites for hydroxylation is 2. The zero-order valence-electron chi connectivity index (χ0n) is 50.6. The van der Waals surface area contributed by atoms with Gasteiger partial charge in [0, 0.05) is 52.5 Å². The number of para-hydroxylation sites is 1. The summed E-state index contributed by atoms with van der Waals surface area (Å²) in [6, 6.07) is 40.2. The molecule has 3 heterocycles. The first-order valence-corrected chi connectivity index (χ1v) is 22.5. The van der Waals surface area contributed by atoms with Crippen LogP contribution >= 0.6 is 0 Å². The molecule has 0 saturated heterocycles. The molecule has 0 fully saturated rings. The standard InChI is InChI=1S/C62H58N4O.Pt/c1-40-19-17-20-41(2)58(40)43-27-30-54-56(35-43)64(39-65(54)59-51(61(6,7)8)33-44(34-52(59)62(9,10)11)42-21-13-12-14-22-42)46-23-18-24-47(37-46)67-48-28-29-50-49-25-15-16-26-53(49)66(55(50)38-48)57-36-45(31-32-63-57)60(3,4)5;/h12-36H,1-11H3;/q-2;/i1D3,2D3,12D,13D,14D,21D,22D;. The van der Waals surface area contributed by atoms with Crippen molar-refractivity contribution in [2.24, 2.45) is 0 Å². The summed E-state index contributed by atoms with van der Waals surface area (Å²) < 4.78 is 107. The molecule has 0 amide bonds. The van der Waals surface area contributed by atoms with Crippen molar-refractivity contribution in [1.82, 2.24) is 14.1 Å². The molecule has 344 valence electrons. The van der Waals surface area contributed by atoms with Crippen LogP contribution in [-0.2, 0) is 37.3 Å². The first-order chi connectivity index (χ1) is 36.4. The molecule has 0 N–H and O–H groups in total. The van der Waals surface area contributed by atoms with Gasteiger partial charge in [-0.1, -0.05) is 159 Å². The zero-order valence-corrected chi connectivity index (χ0v) is 41.8. The van der Waals surface area contributed by atoms with Gasteiger partial charge in [0.1, 0.15) is 5.82 Å². The topological polar surface area (TPSA) is 35.9 Å². The van der Waals surface area contributed by atoms with Crippen molar-refractivity contribution in [3.05, 3.63) is 198 Å². The van der Waals surface area contributed by atoms with Gasteiger partial charge in [-0.2, -0.15) is 18.2 Å². The van der Waals surface area contributed by atoms with Crippen LogP contribution in [0.1, 0.15) is 105 Å². The molecule has 10 aromatic rings. The van der Waals surface area contributed by atoms with Gasteiger partial charge in [-0.25, -0.2) is 4.98 Å². The molecule has 3 aromatic heterocycles. The third-order valence-corrected chi connectivity index (χ3v) is 12.4. The Labute approximate surface area is 431 Å². The third-order valence-electron chi connectivity index (χ3n) is 12.4. The molecule has 5 nitrogen and oxygen atoms in total. The molecule has 0 aliphatic carbocycles. The van der Waals surface area contributed by atoms with Crippen LogP contribution < -0.4 is 9.30 Å². The minimum atomic E-state index is -2.66. The number of hydrogen-bond acceptors (Lipinski definition) is 2. The predicted octanol–water partition coefficient (Wildman–Crippen LogP) is 15.4. The summed E-state index contributed by atoms with van der Waals surface area (Å²) in [5, 5.41) is 2.01. The average molecular weight is 1080 g/mol. The van der Waals surface area contributed by atoms with Crippen LogP contribution in [0.5, 0.6) is 11.5 Å². The van der Waals surface area contributed by atoms with Gasteiger partial charge in [-0.05, 0) is 115 Å². The largest absolute Gasteiger partial charge is 0.510 e. The van der Waals surface area contributed by atoms with E-state index in [1.165, 1.54) is 18.2 Å². The van der Waals surface area contributed by atoms with Crippen LogP contribution in [0.2, 0.25) is 0 Å². The summed E-state index contributed by atoms with van der Waals surface area (Å²) in [6.07, 6.45) is 5.47. The number of rotatable bonds is 7. The van der Waals surface area contributed by atoms with E-state index in [1.807, 2.05) is 113 Å². The van der Waals surface area contributed by atoms with Crippen molar-refractivity contribution in [3.8, 4) is 50.9 Å². The quantitative estimate of drug-likeness (QED) is 0.118. The number of nitrogens with zero attached hydrogens (tertiary/aromatic N) is 4. The summed E-state index contributed by atoms with van der Waals surface area (Å²) in [6.45, 7) is 13.5. The molecule has 68 heavy (non-hydrogen) atoms. The van der Waals surface area contributed by atoms with E-state index in [-0.39, 0.29) is 60.8 Å². The fourth-order valence-electron chi connectivity index (χ4n) is 8.95. The number of fused-ring (bicyclic) bond motifs is 4.